The van der Waals surface area contributed by atoms with Gasteiger partial charge in [-0.2, -0.15) is 0 Å². The van der Waals surface area contributed by atoms with E-state index in [9.17, 15) is 9.59 Å². The highest BCUT2D eigenvalue weighted by atomic mass is 16.1. The zero-order valence-corrected chi connectivity index (χ0v) is 16.9. The molecule has 0 aromatic carbocycles. The van der Waals surface area contributed by atoms with Gasteiger partial charge in [0.1, 0.15) is 0 Å². The minimum absolute atomic E-state index is 0.106. The van der Waals surface area contributed by atoms with Crippen LogP contribution in [-0.4, -0.2) is 11.6 Å². The first kappa shape index (κ1) is 20.3. The molecular formula is C25H36O2. The van der Waals surface area contributed by atoms with Gasteiger partial charge in [0.2, 0.25) is 0 Å². The van der Waals surface area contributed by atoms with Gasteiger partial charge in [-0.25, -0.2) is 0 Å². The Morgan fingerprint density at radius 2 is 1.67 bits per heavy atom. The predicted octanol–water partition coefficient (Wildman–Crippen LogP) is 6.51. The van der Waals surface area contributed by atoms with E-state index >= 15 is 0 Å². The Morgan fingerprint density at radius 1 is 0.889 bits per heavy atom. The van der Waals surface area contributed by atoms with Crippen molar-refractivity contribution in [1.82, 2.24) is 0 Å². The maximum atomic E-state index is 13.0. The molecule has 2 nitrogen and oxygen atoms in total. The first-order valence-electron chi connectivity index (χ1n) is 11.2. The third-order valence-corrected chi connectivity index (χ3v) is 7.13. The summed E-state index contributed by atoms with van der Waals surface area (Å²) in [6, 6.07) is 0. The fourth-order valence-electron chi connectivity index (χ4n) is 5.53. The molecule has 0 aromatic heterocycles. The van der Waals surface area contributed by atoms with Crippen LogP contribution in [0.25, 0.3) is 0 Å². The smallest absolute Gasteiger partial charge is 0.161 e. The van der Waals surface area contributed by atoms with Crippen molar-refractivity contribution < 1.29 is 9.59 Å². The lowest BCUT2D eigenvalue weighted by molar-refractivity contribution is -0.123. The molecule has 0 aromatic rings. The molecule has 0 spiro atoms. The molecular weight excluding hydrogens is 332 g/mol. The lowest BCUT2D eigenvalue weighted by atomic mass is 9.63. The average Bonchev–Trinajstić information content (AvgIpc) is 2.71. The van der Waals surface area contributed by atoms with Gasteiger partial charge < -0.3 is 0 Å². The van der Waals surface area contributed by atoms with Crippen LogP contribution in [0.2, 0.25) is 0 Å². The summed E-state index contributed by atoms with van der Waals surface area (Å²) in [6.07, 6.45) is 17.2. The number of Topliss-reactive ketones (excluding diaryl/α,β-unsaturated/α-hetero) is 2. The summed E-state index contributed by atoms with van der Waals surface area (Å²) in [4.78, 5) is 25.5. The fraction of sp³-hybridized carbons (Fsp3) is 0.680. The molecule has 3 aliphatic carbocycles. The van der Waals surface area contributed by atoms with Crippen LogP contribution in [0.5, 0.6) is 0 Å². The van der Waals surface area contributed by atoms with Crippen LogP contribution in [0.4, 0.5) is 0 Å². The van der Waals surface area contributed by atoms with Crippen molar-refractivity contribution in [2.75, 3.05) is 0 Å². The van der Waals surface area contributed by atoms with Crippen LogP contribution in [-0.2, 0) is 9.59 Å². The molecule has 2 heteroatoms. The van der Waals surface area contributed by atoms with Crippen molar-refractivity contribution in [3.63, 3.8) is 0 Å². The molecule has 0 saturated heterocycles. The summed E-state index contributed by atoms with van der Waals surface area (Å²) in [6.45, 7) is 8.08. The zero-order chi connectivity index (χ0) is 19.2. The molecule has 3 aliphatic rings. The highest BCUT2D eigenvalue weighted by Crippen LogP contribution is 2.45. The Bertz CT molecular complexity index is 622. The lowest BCUT2D eigenvalue weighted by Gasteiger charge is -2.41. The molecule has 0 radical (unpaired) electrons. The van der Waals surface area contributed by atoms with Gasteiger partial charge in [-0.05, 0) is 74.3 Å². The average molecular weight is 369 g/mol. The summed E-state index contributed by atoms with van der Waals surface area (Å²) < 4.78 is 0. The van der Waals surface area contributed by atoms with Crippen molar-refractivity contribution in [3.05, 3.63) is 36.0 Å². The molecule has 2 fully saturated rings. The maximum Gasteiger partial charge on any atom is 0.161 e. The normalized spacial score (nSPS) is 28.0. The molecule has 2 saturated carbocycles. The van der Waals surface area contributed by atoms with Gasteiger partial charge in [0.25, 0.3) is 0 Å². The Balaban J connectivity index is 1.47. The maximum absolute atomic E-state index is 13.0. The van der Waals surface area contributed by atoms with Crippen LogP contribution in [0, 0.1) is 17.8 Å². The van der Waals surface area contributed by atoms with Crippen LogP contribution in [0.15, 0.2) is 36.0 Å². The van der Waals surface area contributed by atoms with E-state index in [4.69, 9.17) is 0 Å². The van der Waals surface area contributed by atoms with Gasteiger partial charge in [-0.1, -0.05) is 56.9 Å². The van der Waals surface area contributed by atoms with E-state index in [1.54, 1.807) is 0 Å². The van der Waals surface area contributed by atoms with E-state index in [2.05, 4.69) is 19.2 Å². The van der Waals surface area contributed by atoms with Gasteiger partial charge >= 0.3 is 0 Å². The molecule has 3 unspecified atom stereocenters. The van der Waals surface area contributed by atoms with Gasteiger partial charge in [-0.15, -0.1) is 0 Å². The number of carbonyl (C=O) groups excluding carboxylic acids is 2. The number of carbonyl (C=O) groups is 2. The van der Waals surface area contributed by atoms with Gasteiger partial charge in [-0.3, -0.25) is 9.59 Å². The zero-order valence-electron chi connectivity index (χ0n) is 16.9. The van der Waals surface area contributed by atoms with E-state index in [1.807, 2.05) is 0 Å². The molecule has 0 heterocycles. The van der Waals surface area contributed by atoms with Gasteiger partial charge in [0.05, 0.1) is 0 Å². The second kappa shape index (κ2) is 9.66. The Kier molecular flexibility index (Phi) is 7.26. The highest BCUT2D eigenvalue weighted by Gasteiger charge is 2.38. The SMILES string of the molecule is C=C(CC1=CCCCC1)C(=O)CCC(=C)C(=O)C1CCCC2CCCCC21. The number of rotatable bonds is 8. The molecule has 3 rings (SSSR count). The molecule has 0 N–H and O–H groups in total. The minimum Gasteiger partial charge on any atom is -0.295 e. The number of ketones is 2. The van der Waals surface area contributed by atoms with Crippen LogP contribution in [0.1, 0.15) is 89.9 Å². The van der Waals surface area contributed by atoms with Gasteiger partial charge in [0, 0.05) is 12.3 Å². The van der Waals surface area contributed by atoms with Crippen LogP contribution in [0.3, 0.4) is 0 Å². The van der Waals surface area contributed by atoms with Gasteiger partial charge in [0.15, 0.2) is 11.6 Å². The van der Waals surface area contributed by atoms with E-state index in [-0.39, 0.29) is 17.5 Å². The third kappa shape index (κ3) is 5.30. The standard InChI is InChI=1S/C25H36O2/c1-18(15-16-24(26)19(2)17-20-9-4-3-5-10-20)25(27)23-14-8-12-21-11-6-7-13-22(21)23/h9,21-23H,1-8,10-17H2. The Hall–Kier alpha value is -1.44. The summed E-state index contributed by atoms with van der Waals surface area (Å²) in [7, 11) is 0. The molecule has 0 amide bonds. The predicted molar refractivity (Wildman–Crippen MR) is 111 cm³/mol. The van der Waals surface area contributed by atoms with Crippen molar-refractivity contribution in [2.24, 2.45) is 17.8 Å². The Labute approximate surface area is 165 Å². The lowest BCUT2D eigenvalue weighted by Crippen LogP contribution is -2.36. The Morgan fingerprint density at radius 3 is 2.44 bits per heavy atom. The summed E-state index contributed by atoms with van der Waals surface area (Å²) in [5, 5.41) is 0. The number of allylic oxidation sites excluding steroid dienone is 4. The quantitative estimate of drug-likeness (QED) is 0.361. The molecule has 3 atom stereocenters. The van der Waals surface area contributed by atoms with E-state index in [1.165, 1.54) is 56.9 Å². The summed E-state index contributed by atoms with van der Waals surface area (Å²) in [5.41, 5.74) is 2.73. The van der Waals surface area contributed by atoms with Crippen LogP contribution < -0.4 is 0 Å². The first-order chi connectivity index (χ1) is 13.1. The molecule has 0 bridgehead atoms. The summed E-state index contributed by atoms with van der Waals surface area (Å²) in [5.74, 6) is 1.84. The first-order valence-corrected chi connectivity index (χ1v) is 11.2. The fourth-order valence-corrected chi connectivity index (χ4v) is 5.53. The second-order valence-corrected chi connectivity index (χ2v) is 9.03. The summed E-state index contributed by atoms with van der Waals surface area (Å²) >= 11 is 0. The minimum atomic E-state index is 0.106. The van der Waals surface area contributed by atoms with Crippen molar-refractivity contribution in [1.29, 1.82) is 0 Å². The third-order valence-electron chi connectivity index (χ3n) is 7.13. The number of hydrogen-bond donors (Lipinski definition) is 0. The van der Waals surface area contributed by atoms with E-state index in [0.29, 0.717) is 36.3 Å². The van der Waals surface area contributed by atoms with Crippen molar-refractivity contribution in [3.8, 4) is 0 Å². The monoisotopic (exact) mass is 368 g/mol. The van der Waals surface area contributed by atoms with E-state index in [0.717, 1.165) is 25.2 Å². The van der Waals surface area contributed by atoms with Crippen molar-refractivity contribution >= 4 is 11.6 Å². The largest absolute Gasteiger partial charge is 0.295 e. The number of fused-ring (bicyclic) bond motifs is 1. The highest BCUT2D eigenvalue weighted by molar-refractivity contribution is 5.99. The van der Waals surface area contributed by atoms with Crippen LogP contribution >= 0.6 is 0 Å². The molecule has 27 heavy (non-hydrogen) atoms. The van der Waals surface area contributed by atoms with Crippen molar-refractivity contribution in [2.45, 2.75) is 89.9 Å². The topological polar surface area (TPSA) is 34.1 Å². The molecule has 0 aliphatic heterocycles. The molecule has 148 valence electrons. The van der Waals surface area contributed by atoms with E-state index < -0.39 is 0 Å². The second-order valence-electron chi connectivity index (χ2n) is 9.03. The number of hydrogen-bond acceptors (Lipinski definition) is 2.